The predicted octanol–water partition coefficient (Wildman–Crippen LogP) is 3.81. The van der Waals surface area contributed by atoms with Crippen LogP contribution in [0.3, 0.4) is 0 Å². The van der Waals surface area contributed by atoms with Gasteiger partial charge in [-0.05, 0) is 44.2 Å². The number of pyridine rings is 1. The van der Waals surface area contributed by atoms with Crippen molar-refractivity contribution in [2.45, 2.75) is 51.9 Å². The lowest BCUT2D eigenvalue weighted by molar-refractivity contribution is 0.651. The average Bonchev–Trinajstić information content (AvgIpc) is 3.17. The van der Waals surface area contributed by atoms with Crippen LogP contribution in [0.25, 0.3) is 0 Å². The van der Waals surface area contributed by atoms with Crippen LogP contribution >= 0.6 is 11.3 Å². The minimum absolute atomic E-state index is 0.432. The van der Waals surface area contributed by atoms with Crippen LogP contribution in [0.1, 0.15) is 37.1 Å². The molecule has 0 atom stereocenters. The minimum atomic E-state index is 0.432. The van der Waals surface area contributed by atoms with Crippen LogP contribution in [0.5, 0.6) is 0 Å². The maximum Gasteiger partial charge on any atom is 0.133 e. The fourth-order valence-corrected chi connectivity index (χ4v) is 3.14. The molecule has 2 aromatic heterocycles. The first kappa shape index (κ1) is 14.5. The van der Waals surface area contributed by atoms with Gasteiger partial charge in [0, 0.05) is 35.3 Å². The first-order valence-electron chi connectivity index (χ1n) is 7.70. The van der Waals surface area contributed by atoms with Crippen molar-refractivity contribution in [3.05, 3.63) is 46.3 Å². The Labute approximate surface area is 131 Å². The molecule has 0 saturated heterocycles. The van der Waals surface area contributed by atoms with E-state index in [0.717, 1.165) is 24.9 Å². The molecular weight excluding hydrogens is 278 g/mol. The van der Waals surface area contributed by atoms with Gasteiger partial charge in [-0.1, -0.05) is 12.1 Å². The number of aromatic nitrogens is 1. The van der Waals surface area contributed by atoms with Crippen molar-refractivity contribution >= 4 is 17.2 Å². The third-order valence-corrected chi connectivity index (χ3v) is 4.69. The summed E-state index contributed by atoms with van der Waals surface area (Å²) in [6.07, 6.45) is 4.54. The van der Waals surface area contributed by atoms with E-state index in [4.69, 9.17) is 0 Å². The van der Waals surface area contributed by atoms with Crippen molar-refractivity contribution in [1.29, 1.82) is 0 Å². The highest BCUT2D eigenvalue weighted by Crippen LogP contribution is 2.25. The van der Waals surface area contributed by atoms with E-state index >= 15 is 0 Å². The topological polar surface area (TPSA) is 28.2 Å². The Bertz CT molecular complexity index is 561. The van der Waals surface area contributed by atoms with Crippen LogP contribution in [0.4, 0.5) is 5.82 Å². The average molecular weight is 301 g/mol. The molecule has 21 heavy (non-hydrogen) atoms. The zero-order valence-corrected chi connectivity index (χ0v) is 13.6. The van der Waals surface area contributed by atoms with Gasteiger partial charge in [-0.25, -0.2) is 4.98 Å². The highest BCUT2D eigenvalue weighted by molar-refractivity contribution is 7.09. The summed E-state index contributed by atoms with van der Waals surface area (Å²) < 4.78 is 0. The fraction of sp³-hybridized carbons (Fsp3) is 0.471. The number of nitrogens with zero attached hydrogens (tertiary/aromatic N) is 2. The summed E-state index contributed by atoms with van der Waals surface area (Å²) in [5.74, 6) is 1.12. The second kappa shape index (κ2) is 6.58. The van der Waals surface area contributed by atoms with Gasteiger partial charge in [0.2, 0.25) is 0 Å². The predicted molar refractivity (Wildman–Crippen MR) is 89.7 cm³/mol. The molecule has 0 unspecified atom stereocenters. The molecule has 3 rings (SSSR count). The lowest BCUT2D eigenvalue weighted by Crippen LogP contribution is -2.32. The number of nitrogens with one attached hydrogen (secondary N) is 1. The van der Waals surface area contributed by atoms with Crippen LogP contribution in [0.15, 0.2) is 35.8 Å². The lowest BCUT2D eigenvalue weighted by atomic mass is 10.2. The van der Waals surface area contributed by atoms with E-state index < -0.39 is 0 Å². The molecule has 3 nitrogen and oxygen atoms in total. The molecule has 4 heteroatoms. The normalized spacial score (nSPS) is 14.6. The quantitative estimate of drug-likeness (QED) is 0.843. The Balaban J connectivity index is 1.80. The second-order valence-electron chi connectivity index (χ2n) is 5.94. The van der Waals surface area contributed by atoms with E-state index in [1.807, 2.05) is 23.6 Å². The highest BCUT2D eigenvalue weighted by atomic mass is 32.1. The standard InChI is InChI=1S/C17H23N3S/c1-13(2)20(12-16-6-4-10-21-16)17-14(5-3-9-18-17)11-19-15-7-8-15/h3-6,9-10,13,15,19H,7-8,11-12H2,1-2H3. The van der Waals surface area contributed by atoms with Gasteiger partial charge >= 0.3 is 0 Å². The molecule has 1 N–H and O–H groups in total. The Morgan fingerprint density at radius 1 is 1.33 bits per heavy atom. The van der Waals surface area contributed by atoms with Gasteiger partial charge in [-0.3, -0.25) is 0 Å². The molecule has 0 aliphatic heterocycles. The van der Waals surface area contributed by atoms with Crippen molar-refractivity contribution in [2.24, 2.45) is 0 Å². The summed E-state index contributed by atoms with van der Waals surface area (Å²) in [7, 11) is 0. The maximum atomic E-state index is 4.67. The number of thiophene rings is 1. The van der Waals surface area contributed by atoms with Crippen molar-refractivity contribution in [3.63, 3.8) is 0 Å². The second-order valence-corrected chi connectivity index (χ2v) is 6.97. The minimum Gasteiger partial charge on any atom is -0.349 e. The summed E-state index contributed by atoms with van der Waals surface area (Å²) >= 11 is 1.81. The van der Waals surface area contributed by atoms with E-state index in [1.54, 1.807) is 0 Å². The molecule has 1 fully saturated rings. The van der Waals surface area contributed by atoms with Gasteiger partial charge in [0.1, 0.15) is 5.82 Å². The van der Waals surface area contributed by atoms with E-state index in [9.17, 15) is 0 Å². The fourth-order valence-electron chi connectivity index (χ4n) is 2.44. The molecule has 1 aliphatic rings. The molecule has 0 amide bonds. The van der Waals surface area contributed by atoms with Crippen molar-refractivity contribution < 1.29 is 0 Å². The Morgan fingerprint density at radius 2 is 2.19 bits per heavy atom. The number of anilines is 1. The molecule has 0 radical (unpaired) electrons. The van der Waals surface area contributed by atoms with E-state index in [1.165, 1.54) is 23.3 Å². The molecule has 0 spiro atoms. The number of rotatable bonds is 7. The highest BCUT2D eigenvalue weighted by Gasteiger charge is 2.22. The maximum absolute atomic E-state index is 4.67. The monoisotopic (exact) mass is 301 g/mol. The Hall–Kier alpha value is -1.39. The van der Waals surface area contributed by atoms with Crippen LogP contribution in [-0.2, 0) is 13.1 Å². The summed E-state index contributed by atoms with van der Waals surface area (Å²) in [6.45, 7) is 6.32. The van der Waals surface area contributed by atoms with Gasteiger partial charge < -0.3 is 10.2 Å². The van der Waals surface area contributed by atoms with Crippen LogP contribution < -0.4 is 10.2 Å². The molecule has 1 aliphatic carbocycles. The van der Waals surface area contributed by atoms with E-state index in [0.29, 0.717) is 6.04 Å². The smallest absolute Gasteiger partial charge is 0.133 e. The van der Waals surface area contributed by atoms with Crippen LogP contribution in [-0.4, -0.2) is 17.1 Å². The zero-order chi connectivity index (χ0) is 14.7. The van der Waals surface area contributed by atoms with Crippen molar-refractivity contribution in [3.8, 4) is 0 Å². The van der Waals surface area contributed by atoms with Gasteiger partial charge in [0.05, 0.1) is 6.54 Å². The van der Waals surface area contributed by atoms with E-state index in [-0.39, 0.29) is 0 Å². The Morgan fingerprint density at radius 3 is 2.86 bits per heavy atom. The lowest BCUT2D eigenvalue weighted by Gasteiger charge is -2.29. The summed E-state index contributed by atoms with van der Waals surface area (Å²) in [5.41, 5.74) is 1.30. The summed E-state index contributed by atoms with van der Waals surface area (Å²) in [4.78, 5) is 8.45. The SMILES string of the molecule is CC(C)N(Cc1cccs1)c1ncccc1CNC1CC1. The number of hydrogen-bond donors (Lipinski definition) is 1. The van der Waals surface area contributed by atoms with Crippen molar-refractivity contribution in [2.75, 3.05) is 4.90 Å². The first-order valence-corrected chi connectivity index (χ1v) is 8.58. The van der Waals surface area contributed by atoms with Gasteiger partial charge in [0.15, 0.2) is 0 Å². The molecule has 2 heterocycles. The third-order valence-electron chi connectivity index (χ3n) is 3.83. The van der Waals surface area contributed by atoms with Crippen LogP contribution in [0.2, 0.25) is 0 Å². The van der Waals surface area contributed by atoms with Crippen molar-refractivity contribution in [1.82, 2.24) is 10.3 Å². The third kappa shape index (κ3) is 3.83. The summed E-state index contributed by atoms with van der Waals surface area (Å²) in [5, 5.41) is 5.74. The molecule has 2 aromatic rings. The molecular formula is C17H23N3S. The molecule has 0 bridgehead atoms. The molecule has 0 aromatic carbocycles. The molecule has 1 saturated carbocycles. The van der Waals surface area contributed by atoms with Gasteiger partial charge in [-0.2, -0.15) is 0 Å². The van der Waals surface area contributed by atoms with Gasteiger partial charge in [0.25, 0.3) is 0 Å². The molecule has 112 valence electrons. The number of hydrogen-bond acceptors (Lipinski definition) is 4. The van der Waals surface area contributed by atoms with Gasteiger partial charge in [-0.15, -0.1) is 11.3 Å². The van der Waals surface area contributed by atoms with E-state index in [2.05, 4.69) is 52.6 Å². The first-order chi connectivity index (χ1) is 10.2. The Kier molecular flexibility index (Phi) is 4.56. The summed E-state index contributed by atoms with van der Waals surface area (Å²) in [6, 6.07) is 9.71. The van der Waals surface area contributed by atoms with Crippen LogP contribution in [0, 0.1) is 0 Å². The zero-order valence-electron chi connectivity index (χ0n) is 12.7. The largest absolute Gasteiger partial charge is 0.349 e.